The minimum Gasteiger partial charge on any atom is -0.296 e. The molecule has 122 valence electrons. The van der Waals surface area contributed by atoms with Gasteiger partial charge < -0.3 is 0 Å². The number of piperidine rings is 2. The molecule has 3 heterocycles. The third kappa shape index (κ3) is 3.34. The van der Waals surface area contributed by atoms with E-state index >= 15 is 0 Å². The van der Waals surface area contributed by atoms with E-state index in [2.05, 4.69) is 9.88 Å². The zero-order chi connectivity index (χ0) is 15.6. The molecular weight excluding hydrogens is 298 g/mol. The fraction of sp³-hybridized carbons (Fsp3) is 0.688. The lowest BCUT2D eigenvalue weighted by Gasteiger charge is -2.51. The topological polar surface area (TPSA) is 53.5 Å². The summed E-state index contributed by atoms with van der Waals surface area (Å²) in [6.07, 6.45) is 8.31. The standard InChI is InChI=1S/C16H25N3O2S/c1-22(20,21)19-12-5-3-8-16(19)9-6-11-18(14-16)13-15-7-2-4-10-17-15/h2,4,7,10H,3,5-6,8-9,11-14H2,1H3. The van der Waals surface area contributed by atoms with E-state index in [-0.39, 0.29) is 5.54 Å². The Morgan fingerprint density at radius 2 is 2.00 bits per heavy atom. The minimum absolute atomic E-state index is 0.196. The van der Waals surface area contributed by atoms with Crippen LogP contribution in [0.15, 0.2) is 24.4 Å². The van der Waals surface area contributed by atoms with Crippen LogP contribution in [-0.4, -0.2) is 54.0 Å². The Bertz CT molecular complexity index is 601. The first-order valence-electron chi connectivity index (χ1n) is 8.10. The van der Waals surface area contributed by atoms with Gasteiger partial charge in [-0.25, -0.2) is 8.42 Å². The highest BCUT2D eigenvalue weighted by Crippen LogP contribution is 2.37. The van der Waals surface area contributed by atoms with Gasteiger partial charge in [-0.1, -0.05) is 12.5 Å². The lowest BCUT2D eigenvalue weighted by molar-refractivity contribution is 0.0332. The van der Waals surface area contributed by atoms with Crippen molar-refractivity contribution in [3.05, 3.63) is 30.1 Å². The lowest BCUT2D eigenvalue weighted by atomic mass is 9.81. The molecule has 1 aromatic rings. The molecular formula is C16H25N3O2S. The molecule has 0 saturated carbocycles. The van der Waals surface area contributed by atoms with Gasteiger partial charge in [0.1, 0.15) is 0 Å². The Hall–Kier alpha value is -0.980. The van der Waals surface area contributed by atoms with E-state index in [4.69, 9.17) is 0 Å². The molecule has 1 atom stereocenters. The molecule has 1 spiro atoms. The summed E-state index contributed by atoms with van der Waals surface area (Å²) >= 11 is 0. The Kier molecular flexibility index (Phi) is 4.52. The Morgan fingerprint density at radius 1 is 1.18 bits per heavy atom. The van der Waals surface area contributed by atoms with E-state index in [0.29, 0.717) is 6.54 Å². The summed E-state index contributed by atoms with van der Waals surface area (Å²) in [6.45, 7) is 3.34. The van der Waals surface area contributed by atoms with Crippen LogP contribution in [0.3, 0.4) is 0 Å². The van der Waals surface area contributed by atoms with Crippen molar-refractivity contribution in [1.29, 1.82) is 0 Å². The first-order valence-corrected chi connectivity index (χ1v) is 9.95. The Balaban J connectivity index is 1.78. The normalized spacial score (nSPS) is 28.0. The van der Waals surface area contributed by atoms with Gasteiger partial charge in [0.15, 0.2) is 0 Å². The quantitative estimate of drug-likeness (QED) is 0.852. The first kappa shape index (κ1) is 15.9. The third-order valence-corrected chi connectivity index (χ3v) is 6.30. The van der Waals surface area contributed by atoms with E-state index in [0.717, 1.165) is 57.4 Å². The number of likely N-dealkylation sites (tertiary alicyclic amines) is 1. The van der Waals surface area contributed by atoms with Crippen molar-refractivity contribution in [3.63, 3.8) is 0 Å². The predicted octanol–water partition coefficient (Wildman–Crippen LogP) is 1.86. The molecule has 2 saturated heterocycles. The maximum atomic E-state index is 12.2. The molecule has 1 unspecified atom stereocenters. The zero-order valence-electron chi connectivity index (χ0n) is 13.2. The van der Waals surface area contributed by atoms with Crippen molar-refractivity contribution in [3.8, 4) is 0 Å². The molecule has 22 heavy (non-hydrogen) atoms. The van der Waals surface area contributed by atoms with Crippen molar-refractivity contribution in [2.24, 2.45) is 0 Å². The molecule has 2 aliphatic heterocycles. The van der Waals surface area contributed by atoms with Crippen molar-refractivity contribution in [2.45, 2.75) is 44.2 Å². The van der Waals surface area contributed by atoms with Crippen molar-refractivity contribution >= 4 is 10.0 Å². The van der Waals surface area contributed by atoms with Gasteiger partial charge >= 0.3 is 0 Å². The van der Waals surface area contributed by atoms with E-state index in [9.17, 15) is 8.42 Å². The number of aromatic nitrogens is 1. The van der Waals surface area contributed by atoms with E-state index < -0.39 is 10.0 Å². The fourth-order valence-corrected chi connectivity index (χ4v) is 5.46. The molecule has 0 bridgehead atoms. The van der Waals surface area contributed by atoms with Crippen LogP contribution in [0.5, 0.6) is 0 Å². The molecule has 2 aliphatic rings. The van der Waals surface area contributed by atoms with Gasteiger partial charge in [-0.3, -0.25) is 9.88 Å². The Labute approximate surface area is 133 Å². The fourth-order valence-electron chi connectivity index (χ4n) is 4.06. The van der Waals surface area contributed by atoms with Crippen LogP contribution < -0.4 is 0 Å². The van der Waals surface area contributed by atoms with Gasteiger partial charge in [-0.05, 0) is 44.4 Å². The lowest BCUT2D eigenvalue weighted by Crippen LogP contribution is -2.61. The highest BCUT2D eigenvalue weighted by atomic mass is 32.2. The minimum atomic E-state index is -3.14. The summed E-state index contributed by atoms with van der Waals surface area (Å²) < 4.78 is 26.2. The first-order chi connectivity index (χ1) is 10.5. The molecule has 1 aromatic heterocycles. The van der Waals surface area contributed by atoms with E-state index in [1.807, 2.05) is 24.4 Å². The number of hydrogen-bond acceptors (Lipinski definition) is 4. The van der Waals surface area contributed by atoms with Crippen molar-refractivity contribution < 1.29 is 8.42 Å². The number of sulfonamides is 1. The van der Waals surface area contributed by atoms with Crippen LogP contribution in [0.2, 0.25) is 0 Å². The van der Waals surface area contributed by atoms with Crippen molar-refractivity contribution in [2.75, 3.05) is 25.9 Å². The van der Waals surface area contributed by atoms with Gasteiger partial charge in [-0.2, -0.15) is 4.31 Å². The van der Waals surface area contributed by atoms with Gasteiger partial charge in [0.25, 0.3) is 0 Å². The maximum Gasteiger partial charge on any atom is 0.211 e. The molecule has 0 aliphatic carbocycles. The molecule has 0 amide bonds. The molecule has 3 rings (SSSR count). The molecule has 0 N–H and O–H groups in total. The van der Waals surface area contributed by atoms with Crippen LogP contribution in [0.1, 0.15) is 37.8 Å². The molecule has 5 nitrogen and oxygen atoms in total. The van der Waals surface area contributed by atoms with Crippen LogP contribution in [0.25, 0.3) is 0 Å². The molecule has 0 aromatic carbocycles. The molecule has 6 heteroatoms. The summed E-state index contributed by atoms with van der Waals surface area (Å²) in [6, 6.07) is 5.97. The third-order valence-electron chi connectivity index (χ3n) is 4.93. The highest BCUT2D eigenvalue weighted by Gasteiger charge is 2.45. The number of pyridine rings is 1. The SMILES string of the molecule is CS(=O)(=O)N1CCCCC12CCCN(Cc1ccccn1)C2. The summed E-state index contributed by atoms with van der Waals surface area (Å²) in [7, 11) is -3.14. The smallest absolute Gasteiger partial charge is 0.211 e. The number of rotatable bonds is 3. The Morgan fingerprint density at radius 3 is 2.73 bits per heavy atom. The zero-order valence-corrected chi connectivity index (χ0v) is 14.1. The van der Waals surface area contributed by atoms with Crippen LogP contribution in [0.4, 0.5) is 0 Å². The second-order valence-electron chi connectivity index (χ2n) is 6.65. The predicted molar refractivity (Wildman–Crippen MR) is 86.9 cm³/mol. The van der Waals surface area contributed by atoms with Crippen LogP contribution in [0, 0.1) is 0 Å². The molecule has 0 radical (unpaired) electrons. The monoisotopic (exact) mass is 323 g/mol. The summed E-state index contributed by atoms with van der Waals surface area (Å²) in [5, 5.41) is 0. The van der Waals surface area contributed by atoms with Crippen molar-refractivity contribution in [1.82, 2.24) is 14.2 Å². The summed E-state index contributed by atoms with van der Waals surface area (Å²) in [5.74, 6) is 0. The summed E-state index contributed by atoms with van der Waals surface area (Å²) in [5.41, 5.74) is 0.861. The van der Waals surface area contributed by atoms with E-state index in [1.54, 1.807) is 4.31 Å². The van der Waals surface area contributed by atoms with Crippen LogP contribution >= 0.6 is 0 Å². The van der Waals surface area contributed by atoms with Gasteiger partial charge in [-0.15, -0.1) is 0 Å². The average Bonchev–Trinajstić information content (AvgIpc) is 2.47. The van der Waals surface area contributed by atoms with Gasteiger partial charge in [0, 0.05) is 31.4 Å². The second-order valence-corrected chi connectivity index (χ2v) is 8.56. The largest absolute Gasteiger partial charge is 0.296 e. The summed E-state index contributed by atoms with van der Waals surface area (Å²) in [4.78, 5) is 6.77. The van der Waals surface area contributed by atoms with Gasteiger partial charge in [0.05, 0.1) is 11.9 Å². The average molecular weight is 323 g/mol. The maximum absolute atomic E-state index is 12.2. The highest BCUT2D eigenvalue weighted by molar-refractivity contribution is 7.88. The van der Waals surface area contributed by atoms with E-state index in [1.165, 1.54) is 6.26 Å². The second kappa shape index (κ2) is 6.26. The van der Waals surface area contributed by atoms with Gasteiger partial charge in [0.2, 0.25) is 10.0 Å². The molecule has 2 fully saturated rings. The van der Waals surface area contributed by atoms with Crippen LogP contribution in [-0.2, 0) is 16.6 Å². The number of hydrogen-bond donors (Lipinski definition) is 0. The number of nitrogens with zero attached hydrogens (tertiary/aromatic N) is 3.